The summed E-state index contributed by atoms with van der Waals surface area (Å²) in [6.45, 7) is 2.08. The van der Waals surface area contributed by atoms with Crippen LogP contribution in [0.1, 0.15) is 16.7 Å². The fourth-order valence-corrected chi connectivity index (χ4v) is 4.64. The molecule has 1 aliphatic rings. The standard InChI is InChI=1S/C27H19ClFN3O2S/c1-16-21(28)9-6-12-23(16)32-26(34)20(25(33)30-27(32)35)13-18-15-31(24-11-5-3-8-19(18)24)14-17-7-2-4-10-22(17)29/h2-13,15H,14H2,1H3,(H,30,33,35)/b20-13+. The van der Waals surface area contributed by atoms with Crippen molar-refractivity contribution < 1.29 is 14.0 Å². The average molecular weight is 504 g/mol. The van der Waals surface area contributed by atoms with E-state index in [4.69, 9.17) is 23.8 Å². The molecule has 1 aliphatic heterocycles. The van der Waals surface area contributed by atoms with E-state index in [9.17, 15) is 14.0 Å². The van der Waals surface area contributed by atoms with Gasteiger partial charge < -0.3 is 4.57 Å². The number of nitrogens with zero attached hydrogens (tertiary/aromatic N) is 2. The number of carbonyl (C=O) groups is 2. The number of benzene rings is 3. The first-order valence-electron chi connectivity index (χ1n) is 10.8. The highest BCUT2D eigenvalue weighted by Crippen LogP contribution is 2.31. The molecule has 0 saturated carbocycles. The van der Waals surface area contributed by atoms with Crippen LogP contribution in [-0.2, 0) is 16.1 Å². The van der Waals surface area contributed by atoms with Gasteiger partial charge in [-0.25, -0.2) is 4.39 Å². The van der Waals surface area contributed by atoms with Crippen LogP contribution in [-0.4, -0.2) is 21.5 Å². The number of carbonyl (C=O) groups excluding carboxylic acids is 2. The first kappa shape index (κ1) is 23.0. The zero-order valence-electron chi connectivity index (χ0n) is 18.6. The van der Waals surface area contributed by atoms with Gasteiger partial charge in [0.05, 0.1) is 12.2 Å². The van der Waals surface area contributed by atoms with Gasteiger partial charge in [0.1, 0.15) is 11.4 Å². The predicted octanol–water partition coefficient (Wildman–Crippen LogP) is 5.62. The Hall–Kier alpha value is -3.81. The molecule has 5 nitrogen and oxygen atoms in total. The Kier molecular flexibility index (Phi) is 5.96. The van der Waals surface area contributed by atoms with Crippen LogP contribution in [0.5, 0.6) is 0 Å². The molecule has 1 fully saturated rings. The van der Waals surface area contributed by atoms with E-state index in [1.165, 1.54) is 11.0 Å². The highest BCUT2D eigenvalue weighted by atomic mass is 35.5. The molecule has 0 unspecified atom stereocenters. The highest BCUT2D eigenvalue weighted by molar-refractivity contribution is 7.80. The summed E-state index contributed by atoms with van der Waals surface area (Å²) in [5, 5.41) is 3.91. The van der Waals surface area contributed by atoms with Gasteiger partial charge in [-0.1, -0.05) is 54.1 Å². The average Bonchev–Trinajstić information content (AvgIpc) is 3.18. The van der Waals surface area contributed by atoms with Crippen molar-refractivity contribution in [2.75, 3.05) is 4.90 Å². The predicted molar refractivity (Wildman–Crippen MR) is 140 cm³/mol. The van der Waals surface area contributed by atoms with Crippen LogP contribution >= 0.6 is 23.8 Å². The summed E-state index contributed by atoms with van der Waals surface area (Å²) in [7, 11) is 0. The summed E-state index contributed by atoms with van der Waals surface area (Å²) >= 11 is 11.6. The Morgan fingerprint density at radius 2 is 1.77 bits per heavy atom. The molecule has 0 radical (unpaired) electrons. The molecular weight excluding hydrogens is 485 g/mol. The number of aromatic nitrogens is 1. The first-order valence-corrected chi connectivity index (χ1v) is 11.6. The van der Waals surface area contributed by atoms with Crippen LogP contribution in [0, 0.1) is 12.7 Å². The van der Waals surface area contributed by atoms with Crippen LogP contribution in [0.25, 0.3) is 17.0 Å². The second kappa shape index (κ2) is 9.09. The van der Waals surface area contributed by atoms with E-state index in [1.807, 2.05) is 35.0 Å². The van der Waals surface area contributed by atoms with Crippen molar-refractivity contribution >= 4 is 63.4 Å². The van der Waals surface area contributed by atoms with Gasteiger partial charge in [-0.15, -0.1) is 0 Å². The van der Waals surface area contributed by atoms with Gasteiger partial charge >= 0.3 is 0 Å². The van der Waals surface area contributed by atoms with E-state index in [1.54, 1.807) is 49.4 Å². The van der Waals surface area contributed by atoms with Gasteiger partial charge in [0.2, 0.25) is 0 Å². The number of thiocarbonyl (C=S) groups is 1. The number of nitrogens with one attached hydrogen (secondary N) is 1. The Labute approximate surface area is 211 Å². The summed E-state index contributed by atoms with van der Waals surface area (Å²) in [5.74, 6) is -1.43. The molecule has 1 saturated heterocycles. The lowest BCUT2D eigenvalue weighted by molar-refractivity contribution is -0.122. The van der Waals surface area contributed by atoms with Crippen molar-refractivity contribution in [1.29, 1.82) is 0 Å². The van der Waals surface area contributed by atoms with Gasteiger partial charge in [0.15, 0.2) is 5.11 Å². The van der Waals surface area contributed by atoms with Crippen molar-refractivity contribution in [2.45, 2.75) is 13.5 Å². The minimum Gasteiger partial charge on any atom is -0.342 e. The quantitative estimate of drug-likeness (QED) is 0.223. The fourth-order valence-electron chi connectivity index (χ4n) is 4.20. The number of halogens is 2. The Balaban J connectivity index is 1.59. The van der Waals surface area contributed by atoms with Crippen molar-refractivity contribution in [1.82, 2.24) is 9.88 Å². The molecule has 2 heterocycles. The second-order valence-corrected chi connectivity index (χ2v) is 8.96. The Morgan fingerprint density at radius 3 is 2.57 bits per heavy atom. The topological polar surface area (TPSA) is 54.3 Å². The van der Waals surface area contributed by atoms with Crippen LogP contribution in [0.2, 0.25) is 5.02 Å². The maximum atomic E-state index is 14.3. The first-order chi connectivity index (χ1) is 16.8. The summed E-state index contributed by atoms with van der Waals surface area (Å²) in [5.41, 5.74) is 3.15. The number of hydrogen-bond acceptors (Lipinski definition) is 3. The lowest BCUT2D eigenvalue weighted by Crippen LogP contribution is -2.54. The maximum absolute atomic E-state index is 14.3. The van der Waals surface area contributed by atoms with E-state index in [-0.39, 0.29) is 16.5 Å². The summed E-state index contributed by atoms with van der Waals surface area (Å²) in [6.07, 6.45) is 3.36. The zero-order valence-corrected chi connectivity index (χ0v) is 20.2. The molecular formula is C27H19ClFN3O2S. The molecule has 1 N–H and O–H groups in total. The Bertz CT molecular complexity index is 1560. The largest absolute Gasteiger partial charge is 0.342 e. The van der Waals surface area contributed by atoms with E-state index >= 15 is 0 Å². The molecule has 0 aliphatic carbocycles. The summed E-state index contributed by atoms with van der Waals surface area (Å²) < 4.78 is 16.2. The Morgan fingerprint density at radius 1 is 1.03 bits per heavy atom. The number of fused-ring (bicyclic) bond motifs is 1. The molecule has 4 aromatic rings. The van der Waals surface area contributed by atoms with Crippen molar-refractivity contribution in [3.8, 4) is 0 Å². The lowest BCUT2D eigenvalue weighted by atomic mass is 10.1. The number of para-hydroxylation sites is 1. The summed E-state index contributed by atoms with van der Waals surface area (Å²) in [6, 6.07) is 19.3. The van der Waals surface area contributed by atoms with Gasteiger partial charge in [-0.3, -0.25) is 19.8 Å². The van der Waals surface area contributed by atoms with Crippen molar-refractivity contribution in [3.63, 3.8) is 0 Å². The van der Waals surface area contributed by atoms with Gasteiger partial charge in [0, 0.05) is 33.2 Å². The third kappa shape index (κ3) is 4.13. The minimum absolute atomic E-state index is 0.00972. The van der Waals surface area contributed by atoms with Gasteiger partial charge in [-0.05, 0) is 55.0 Å². The molecule has 8 heteroatoms. The fraction of sp³-hybridized carbons (Fsp3) is 0.0741. The minimum atomic E-state index is -0.582. The monoisotopic (exact) mass is 503 g/mol. The van der Waals surface area contributed by atoms with Crippen LogP contribution in [0.4, 0.5) is 10.1 Å². The van der Waals surface area contributed by atoms with E-state index in [0.29, 0.717) is 33.9 Å². The second-order valence-electron chi connectivity index (χ2n) is 8.16. The van der Waals surface area contributed by atoms with Crippen LogP contribution in [0.3, 0.4) is 0 Å². The van der Waals surface area contributed by atoms with E-state index in [0.717, 1.165) is 10.9 Å². The number of anilines is 1. The van der Waals surface area contributed by atoms with Gasteiger partial charge in [-0.2, -0.15) is 0 Å². The van der Waals surface area contributed by atoms with Gasteiger partial charge in [0.25, 0.3) is 11.8 Å². The molecule has 5 rings (SSSR count). The molecule has 3 aromatic carbocycles. The number of hydrogen-bond donors (Lipinski definition) is 1. The van der Waals surface area contributed by atoms with Crippen LogP contribution < -0.4 is 10.2 Å². The lowest BCUT2D eigenvalue weighted by Gasteiger charge is -2.30. The van der Waals surface area contributed by atoms with E-state index < -0.39 is 11.8 Å². The molecule has 35 heavy (non-hydrogen) atoms. The summed E-state index contributed by atoms with van der Waals surface area (Å²) in [4.78, 5) is 27.6. The number of rotatable bonds is 4. The molecule has 0 spiro atoms. The van der Waals surface area contributed by atoms with Crippen LogP contribution in [0.15, 0.2) is 78.5 Å². The number of amides is 2. The molecule has 0 atom stereocenters. The molecule has 0 bridgehead atoms. The SMILES string of the molecule is Cc1c(Cl)cccc1N1C(=O)/C(=C/c2cn(Cc3ccccc3F)c3ccccc23)C(=O)NC1=S. The highest BCUT2D eigenvalue weighted by Gasteiger charge is 2.35. The smallest absolute Gasteiger partial charge is 0.270 e. The normalized spacial score (nSPS) is 15.2. The third-order valence-electron chi connectivity index (χ3n) is 6.00. The zero-order chi connectivity index (χ0) is 24.7. The maximum Gasteiger partial charge on any atom is 0.270 e. The van der Waals surface area contributed by atoms with Crippen molar-refractivity contribution in [2.24, 2.45) is 0 Å². The van der Waals surface area contributed by atoms with E-state index in [2.05, 4.69) is 5.32 Å². The molecule has 174 valence electrons. The molecule has 1 aromatic heterocycles. The molecule has 2 amide bonds. The third-order valence-corrected chi connectivity index (χ3v) is 6.69. The van der Waals surface area contributed by atoms with Crippen molar-refractivity contribution in [3.05, 3.63) is 106 Å².